The molecule has 0 aromatic rings. The van der Waals surface area contributed by atoms with E-state index in [9.17, 15) is 0 Å². The second kappa shape index (κ2) is 8.97. The number of hydrogen-bond donors (Lipinski definition) is 5. The van der Waals surface area contributed by atoms with E-state index in [0.29, 0.717) is 0 Å². The van der Waals surface area contributed by atoms with Gasteiger partial charge in [-0.25, -0.2) is 0 Å². The number of nitrogens with one attached hydrogen (secondary N) is 5. The quantitative estimate of drug-likeness (QED) is 0.297. The summed E-state index contributed by atoms with van der Waals surface area (Å²) in [5, 5.41) is 15.8. The lowest BCUT2D eigenvalue weighted by atomic mass is 10.4. The molecule has 0 spiro atoms. The molecule has 7 rings (SSSR count). The number of hydrogen-bond acceptors (Lipinski definition) is 11. The van der Waals surface area contributed by atoms with Crippen LogP contribution < -0.4 is 26.6 Å². The molecule has 0 atom stereocenters. The summed E-state index contributed by atoms with van der Waals surface area (Å²) in [6, 6.07) is 0. The molecule has 0 unspecified atom stereocenters. The van der Waals surface area contributed by atoms with Gasteiger partial charge in [0.2, 0.25) is 0 Å². The standard InChI is InChI=1S/C6H12N4.C5H12N4.C3H9N3/c1-7-2-9-4-8(1)5-10(3-7)6-9;1-6-2-9-4-7-3-8(1)5-9;1-4-2-6-3-5-1/h1-6H2;6-7H,1-5H2;4-6H,1-3H2. The van der Waals surface area contributed by atoms with Crippen molar-refractivity contribution < 1.29 is 0 Å². The molecule has 0 saturated carbocycles. The summed E-state index contributed by atoms with van der Waals surface area (Å²) in [6.45, 7) is 15.2. The molecule has 0 aliphatic carbocycles. The molecule has 0 aromatic carbocycles. The van der Waals surface area contributed by atoms with Crippen LogP contribution in [0.2, 0.25) is 0 Å². The largest absolute Gasteiger partial charge is 0.292 e. The van der Waals surface area contributed by atoms with Gasteiger partial charge in [-0.1, -0.05) is 0 Å². The third-order valence-corrected chi connectivity index (χ3v) is 4.89. The van der Waals surface area contributed by atoms with Crippen LogP contribution in [-0.2, 0) is 0 Å². The predicted octanol–water partition coefficient (Wildman–Crippen LogP) is -3.79. The molecule has 11 heteroatoms. The van der Waals surface area contributed by atoms with Crippen LogP contribution in [0.4, 0.5) is 0 Å². The van der Waals surface area contributed by atoms with Gasteiger partial charge < -0.3 is 0 Å². The van der Waals surface area contributed by atoms with Crippen molar-refractivity contribution in [2.75, 3.05) is 93.4 Å². The highest BCUT2D eigenvalue weighted by Crippen LogP contribution is 2.20. The van der Waals surface area contributed by atoms with E-state index >= 15 is 0 Å². The van der Waals surface area contributed by atoms with Crippen LogP contribution in [0.5, 0.6) is 0 Å². The van der Waals surface area contributed by atoms with Crippen molar-refractivity contribution in [2.24, 2.45) is 0 Å². The van der Waals surface area contributed by atoms with Crippen LogP contribution in [-0.4, -0.2) is 123 Å². The van der Waals surface area contributed by atoms with E-state index in [1.165, 1.54) is 40.0 Å². The molecule has 7 fully saturated rings. The van der Waals surface area contributed by atoms with Crippen LogP contribution in [0.1, 0.15) is 0 Å². The van der Waals surface area contributed by atoms with Crippen molar-refractivity contribution in [2.45, 2.75) is 0 Å². The van der Waals surface area contributed by atoms with Crippen molar-refractivity contribution in [1.82, 2.24) is 56.0 Å². The number of rotatable bonds is 0. The molecule has 5 N–H and O–H groups in total. The van der Waals surface area contributed by atoms with Crippen molar-refractivity contribution in [3.05, 3.63) is 0 Å². The fraction of sp³-hybridized carbons (Fsp3) is 1.00. The first-order chi connectivity index (χ1) is 12.3. The molecule has 11 nitrogen and oxygen atoms in total. The van der Waals surface area contributed by atoms with Crippen LogP contribution in [0, 0.1) is 0 Å². The van der Waals surface area contributed by atoms with Crippen molar-refractivity contribution in [3.63, 3.8) is 0 Å². The highest BCUT2D eigenvalue weighted by atomic mass is 15.7. The van der Waals surface area contributed by atoms with Crippen LogP contribution in [0.3, 0.4) is 0 Å². The Bertz CT molecular complexity index is 316. The lowest BCUT2D eigenvalue weighted by Crippen LogP contribution is -2.71. The minimum Gasteiger partial charge on any atom is -0.292 e. The van der Waals surface area contributed by atoms with E-state index in [2.05, 4.69) is 56.0 Å². The number of nitrogens with zero attached hydrogens (tertiary/aromatic N) is 6. The van der Waals surface area contributed by atoms with Crippen LogP contribution in [0.15, 0.2) is 0 Å². The fourth-order valence-electron chi connectivity index (χ4n) is 4.01. The summed E-state index contributed by atoms with van der Waals surface area (Å²) in [7, 11) is 0. The summed E-state index contributed by atoms with van der Waals surface area (Å²) in [5.74, 6) is 0. The summed E-state index contributed by atoms with van der Waals surface area (Å²) in [6.07, 6.45) is 0. The molecule has 0 radical (unpaired) electrons. The zero-order chi connectivity index (χ0) is 16.9. The zero-order valence-corrected chi connectivity index (χ0v) is 15.1. The average Bonchev–Trinajstić information content (AvgIpc) is 2.63. The van der Waals surface area contributed by atoms with E-state index in [1.54, 1.807) is 0 Å². The van der Waals surface area contributed by atoms with E-state index < -0.39 is 0 Å². The lowest BCUT2D eigenvalue weighted by Gasteiger charge is -2.56. The van der Waals surface area contributed by atoms with Crippen LogP contribution >= 0.6 is 0 Å². The summed E-state index contributed by atoms with van der Waals surface area (Å²) in [4.78, 5) is 14.5. The molecule has 144 valence electrons. The predicted molar refractivity (Wildman–Crippen MR) is 94.9 cm³/mol. The maximum absolute atomic E-state index is 3.30. The minimum absolute atomic E-state index is 0.938. The minimum atomic E-state index is 0.938. The molecule has 6 bridgehead atoms. The third kappa shape index (κ3) is 5.28. The zero-order valence-electron chi connectivity index (χ0n) is 15.1. The van der Waals surface area contributed by atoms with Crippen molar-refractivity contribution in [3.8, 4) is 0 Å². The van der Waals surface area contributed by atoms with Gasteiger partial charge in [-0.15, -0.1) is 0 Å². The van der Waals surface area contributed by atoms with E-state index in [1.807, 2.05) is 0 Å². The van der Waals surface area contributed by atoms with Gasteiger partial charge >= 0.3 is 0 Å². The van der Waals surface area contributed by atoms with Gasteiger partial charge in [0.15, 0.2) is 0 Å². The first-order valence-corrected chi connectivity index (χ1v) is 9.23. The lowest BCUT2D eigenvalue weighted by molar-refractivity contribution is -0.194. The fourth-order valence-corrected chi connectivity index (χ4v) is 4.01. The first-order valence-electron chi connectivity index (χ1n) is 9.23. The normalized spacial score (nSPS) is 44.2. The molecule has 0 amide bonds. The highest BCUT2D eigenvalue weighted by molar-refractivity contribution is 4.80. The van der Waals surface area contributed by atoms with Gasteiger partial charge in [0.1, 0.15) is 0 Å². The summed E-state index contributed by atoms with van der Waals surface area (Å²) < 4.78 is 0. The molecule has 25 heavy (non-hydrogen) atoms. The Hall–Kier alpha value is -0.440. The SMILES string of the molecule is C1N2CN3CN1CN(C2)C3.C1NCN2CNCN1C2.C1NCNCN1. The van der Waals surface area contributed by atoms with Crippen molar-refractivity contribution in [1.29, 1.82) is 0 Å². The van der Waals surface area contributed by atoms with Gasteiger partial charge in [0.25, 0.3) is 0 Å². The Balaban J connectivity index is 0.0000000975. The monoisotopic (exact) mass is 355 g/mol. The molecule has 7 heterocycles. The summed E-state index contributed by atoms with van der Waals surface area (Å²) >= 11 is 0. The molecular formula is C14H33N11. The van der Waals surface area contributed by atoms with E-state index in [0.717, 1.165) is 53.3 Å². The average molecular weight is 355 g/mol. The van der Waals surface area contributed by atoms with Gasteiger partial charge in [0, 0.05) is 20.0 Å². The molecular weight excluding hydrogens is 322 g/mol. The highest BCUT2D eigenvalue weighted by Gasteiger charge is 2.36. The topological polar surface area (TPSA) is 79.6 Å². The Morgan fingerprint density at radius 2 is 0.600 bits per heavy atom. The van der Waals surface area contributed by atoms with Gasteiger partial charge in [0.05, 0.1) is 73.4 Å². The van der Waals surface area contributed by atoms with E-state index in [4.69, 9.17) is 0 Å². The third-order valence-electron chi connectivity index (χ3n) is 4.89. The maximum atomic E-state index is 3.30. The molecule has 0 aromatic heterocycles. The first kappa shape index (κ1) is 17.9. The van der Waals surface area contributed by atoms with Gasteiger partial charge in [-0.3, -0.25) is 56.0 Å². The smallest absolute Gasteiger partial charge is 0.0555 e. The Morgan fingerprint density at radius 3 is 0.840 bits per heavy atom. The molecule has 7 aliphatic rings. The second-order valence-electron chi connectivity index (χ2n) is 7.43. The Labute approximate surface area is 150 Å². The maximum Gasteiger partial charge on any atom is 0.0555 e. The van der Waals surface area contributed by atoms with Crippen molar-refractivity contribution >= 4 is 0 Å². The van der Waals surface area contributed by atoms with Crippen LogP contribution in [0.25, 0.3) is 0 Å². The summed E-state index contributed by atoms with van der Waals surface area (Å²) in [5.41, 5.74) is 0. The van der Waals surface area contributed by atoms with Gasteiger partial charge in [-0.2, -0.15) is 0 Å². The van der Waals surface area contributed by atoms with Gasteiger partial charge in [-0.05, 0) is 0 Å². The Morgan fingerprint density at radius 1 is 0.320 bits per heavy atom. The molecule has 7 saturated heterocycles. The molecule has 7 aliphatic heterocycles. The second-order valence-corrected chi connectivity index (χ2v) is 7.43. The number of fused-ring (bicyclic) bond motifs is 2. The Kier molecular flexibility index (Phi) is 6.44. The van der Waals surface area contributed by atoms with E-state index in [-0.39, 0.29) is 0 Å².